The number of benzene rings is 2. The Morgan fingerprint density at radius 2 is 1.24 bits per heavy atom. The highest BCUT2D eigenvalue weighted by Crippen LogP contribution is 2.40. The van der Waals surface area contributed by atoms with Crippen molar-refractivity contribution in [3.63, 3.8) is 0 Å². The van der Waals surface area contributed by atoms with Crippen LogP contribution < -0.4 is 0 Å². The molecule has 0 aromatic heterocycles. The maximum absolute atomic E-state index is 10.5. The second kappa shape index (κ2) is 6.82. The zero-order valence-corrected chi connectivity index (χ0v) is 12.4. The van der Waals surface area contributed by atoms with Gasteiger partial charge in [0.1, 0.15) is 0 Å². The Hall–Kier alpha value is -2.45. The molecule has 0 saturated heterocycles. The molecule has 0 unspecified atom stereocenters. The molecule has 0 atom stereocenters. The van der Waals surface area contributed by atoms with Gasteiger partial charge in [0.15, 0.2) is 0 Å². The fourth-order valence-electron chi connectivity index (χ4n) is 1.82. The van der Waals surface area contributed by atoms with Gasteiger partial charge in [0, 0.05) is 9.79 Å². The van der Waals surface area contributed by atoms with Crippen LogP contribution in [-0.4, -0.2) is 12.2 Å². The van der Waals surface area contributed by atoms with E-state index in [-0.39, 0.29) is 0 Å². The van der Waals surface area contributed by atoms with E-state index < -0.39 is 0 Å². The number of carbonyl (C=O) groups excluding carboxylic acids is 2. The molecule has 0 N–H and O–H groups in total. The Morgan fingerprint density at radius 3 is 1.62 bits per heavy atom. The molecule has 4 nitrogen and oxygen atoms in total. The lowest BCUT2D eigenvalue weighted by molar-refractivity contribution is 0.564. The molecule has 0 aliphatic carbocycles. The molecular weight excluding hydrogens is 284 g/mol. The summed E-state index contributed by atoms with van der Waals surface area (Å²) in [5.74, 6) is 0. The number of aliphatic imine (C=N–C) groups is 2. The Labute approximate surface area is 126 Å². The summed E-state index contributed by atoms with van der Waals surface area (Å²) in [6.45, 7) is 3.85. The predicted octanol–water partition coefficient (Wildman–Crippen LogP) is 4.39. The Kier molecular flexibility index (Phi) is 4.85. The van der Waals surface area contributed by atoms with Crippen LogP contribution in [0.2, 0.25) is 0 Å². The van der Waals surface area contributed by atoms with E-state index in [0.717, 1.165) is 20.9 Å². The summed E-state index contributed by atoms with van der Waals surface area (Å²) in [6, 6.07) is 11.2. The van der Waals surface area contributed by atoms with Crippen LogP contribution in [0.1, 0.15) is 11.1 Å². The molecule has 0 aliphatic heterocycles. The summed E-state index contributed by atoms with van der Waals surface area (Å²) in [7, 11) is 0. The van der Waals surface area contributed by atoms with Crippen molar-refractivity contribution in [3.8, 4) is 0 Å². The van der Waals surface area contributed by atoms with Gasteiger partial charge in [-0.3, -0.25) is 0 Å². The zero-order chi connectivity index (χ0) is 15.2. The van der Waals surface area contributed by atoms with Crippen molar-refractivity contribution < 1.29 is 9.59 Å². The molecule has 5 heteroatoms. The third-order valence-electron chi connectivity index (χ3n) is 2.78. The number of nitrogens with zero attached hydrogens (tertiary/aromatic N) is 2. The van der Waals surface area contributed by atoms with Crippen molar-refractivity contribution in [1.82, 2.24) is 0 Å². The normalized spacial score (nSPS) is 9.62. The average molecular weight is 296 g/mol. The maximum atomic E-state index is 10.5. The first kappa shape index (κ1) is 14.9. The van der Waals surface area contributed by atoms with E-state index in [1.165, 1.54) is 11.8 Å². The molecule has 2 aromatic rings. The average Bonchev–Trinajstić information content (AvgIpc) is 2.45. The van der Waals surface area contributed by atoms with E-state index in [4.69, 9.17) is 0 Å². The molecule has 0 amide bonds. The Bertz CT molecular complexity index is 708. The number of isocyanates is 2. The molecule has 21 heavy (non-hydrogen) atoms. The molecule has 0 radical (unpaired) electrons. The summed E-state index contributed by atoms with van der Waals surface area (Å²) in [5, 5.41) is 0. The highest BCUT2D eigenvalue weighted by molar-refractivity contribution is 7.99. The van der Waals surface area contributed by atoms with Gasteiger partial charge >= 0.3 is 0 Å². The number of hydrogen-bond acceptors (Lipinski definition) is 5. The van der Waals surface area contributed by atoms with E-state index in [0.29, 0.717) is 11.4 Å². The molecule has 0 saturated carbocycles. The van der Waals surface area contributed by atoms with E-state index in [1.54, 1.807) is 12.2 Å². The minimum atomic E-state index is 0.552. The third-order valence-corrected chi connectivity index (χ3v) is 3.91. The summed E-state index contributed by atoms with van der Waals surface area (Å²) >= 11 is 1.39. The first-order chi connectivity index (χ1) is 10.1. The van der Waals surface area contributed by atoms with Gasteiger partial charge in [0.25, 0.3) is 0 Å². The standard InChI is InChI=1S/C16H12N2O2S/c1-11-3-5-15(13(7-11)17-9-19)21-16-6-4-12(2)8-14(16)18-10-20/h3-8H,1-2H3. The molecule has 104 valence electrons. The van der Waals surface area contributed by atoms with Crippen molar-refractivity contribution in [1.29, 1.82) is 0 Å². The largest absolute Gasteiger partial charge is 0.240 e. The molecule has 0 fully saturated rings. The maximum Gasteiger partial charge on any atom is 0.240 e. The first-order valence-electron chi connectivity index (χ1n) is 6.19. The molecule has 0 aliphatic rings. The van der Waals surface area contributed by atoms with Crippen LogP contribution in [0, 0.1) is 13.8 Å². The smallest absolute Gasteiger partial charge is 0.211 e. The molecule has 0 bridgehead atoms. The van der Waals surface area contributed by atoms with E-state index in [9.17, 15) is 9.59 Å². The van der Waals surface area contributed by atoms with Gasteiger partial charge in [0.2, 0.25) is 12.2 Å². The summed E-state index contributed by atoms with van der Waals surface area (Å²) < 4.78 is 0. The Morgan fingerprint density at radius 1 is 0.810 bits per heavy atom. The van der Waals surface area contributed by atoms with Gasteiger partial charge in [0.05, 0.1) is 11.4 Å². The van der Waals surface area contributed by atoms with Gasteiger partial charge in [-0.1, -0.05) is 23.9 Å². The van der Waals surface area contributed by atoms with Gasteiger partial charge in [-0.05, 0) is 49.2 Å². The van der Waals surface area contributed by atoms with Crippen LogP contribution in [0.25, 0.3) is 0 Å². The summed E-state index contributed by atoms with van der Waals surface area (Å²) in [6.07, 6.45) is 3.12. The lowest BCUT2D eigenvalue weighted by atomic mass is 10.2. The first-order valence-corrected chi connectivity index (χ1v) is 7.00. The topological polar surface area (TPSA) is 58.9 Å². The van der Waals surface area contributed by atoms with Gasteiger partial charge in [-0.15, -0.1) is 0 Å². The van der Waals surface area contributed by atoms with Crippen LogP contribution in [0.4, 0.5) is 11.4 Å². The molecule has 2 aromatic carbocycles. The van der Waals surface area contributed by atoms with Gasteiger partial charge in [-0.2, -0.15) is 9.98 Å². The number of rotatable bonds is 4. The third kappa shape index (κ3) is 3.77. The van der Waals surface area contributed by atoms with Crippen molar-refractivity contribution in [2.45, 2.75) is 23.6 Å². The second-order valence-corrected chi connectivity index (χ2v) is 5.53. The minimum Gasteiger partial charge on any atom is -0.211 e. The van der Waals surface area contributed by atoms with Crippen molar-refractivity contribution in [2.75, 3.05) is 0 Å². The van der Waals surface area contributed by atoms with Crippen LogP contribution in [0.3, 0.4) is 0 Å². The van der Waals surface area contributed by atoms with Crippen LogP contribution in [0.5, 0.6) is 0 Å². The summed E-state index contributed by atoms with van der Waals surface area (Å²) in [4.78, 5) is 30.1. The quantitative estimate of drug-likeness (QED) is 0.621. The van der Waals surface area contributed by atoms with Crippen LogP contribution >= 0.6 is 11.8 Å². The van der Waals surface area contributed by atoms with Crippen molar-refractivity contribution in [2.24, 2.45) is 9.98 Å². The van der Waals surface area contributed by atoms with Gasteiger partial charge in [-0.25, -0.2) is 9.59 Å². The van der Waals surface area contributed by atoms with Gasteiger partial charge < -0.3 is 0 Å². The summed E-state index contributed by atoms with van der Waals surface area (Å²) in [5.41, 5.74) is 3.11. The molecule has 0 heterocycles. The molecule has 0 spiro atoms. The monoisotopic (exact) mass is 296 g/mol. The Balaban J connectivity index is 2.47. The van der Waals surface area contributed by atoms with Crippen LogP contribution in [-0.2, 0) is 9.59 Å². The lowest BCUT2D eigenvalue weighted by Gasteiger charge is -2.08. The second-order valence-electron chi connectivity index (χ2n) is 4.45. The predicted molar refractivity (Wildman–Crippen MR) is 82.0 cm³/mol. The fraction of sp³-hybridized carbons (Fsp3) is 0.125. The number of hydrogen-bond donors (Lipinski definition) is 0. The SMILES string of the molecule is Cc1ccc(Sc2ccc(C)cc2N=C=O)c(N=C=O)c1. The lowest BCUT2D eigenvalue weighted by Crippen LogP contribution is -1.80. The molecular formula is C16H12N2O2S. The zero-order valence-electron chi connectivity index (χ0n) is 11.6. The van der Waals surface area contributed by atoms with E-state index in [1.807, 2.05) is 50.2 Å². The van der Waals surface area contributed by atoms with Crippen LogP contribution in [0.15, 0.2) is 56.2 Å². The number of aryl methyl sites for hydroxylation is 2. The molecule has 2 rings (SSSR count). The van der Waals surface area contributed by atoms with E-state index in [2.05, 4.69) is 9.98 Å². The van der Waals surface area contributed by atoms with Crippen molar-refractivity contribution in [3.05, 3.63) is 47.5 Å². The minimum absolute atomic E-state index is 0.552. The van der Waals surface area contributed by atoms with Crippen molar-refractivity contribution >= 4 is 35.3 Å². The highest BCUT2D eigenvalue weighted by atomic mass is 32.2. The van der Waals surface area contributed by atoms with E-state index >= 15 is 0 Å². The fourth-order valence-corrected chi connectivity index (χ4v) is 2.75. The highest BCUT2D eigenvalue weighted by Gasteiger charge is 2.08.